The maximum Gasteiger partial charge on any atom is 0.323 e. The zero-order valence-electron chi connectivity index (χ0n) is 18.8. The smallest absolute Gasteiger partial charge is 0.323 e. The Labute approximate surface area is 197 Å². The lowest BCUT2D eigenvalue weighted by molar-refractivity contribution is 0.262. The van der Waals surface area contributed by atoms with Crippen molar-refractivity contribution in [2.45, 2.75) is 27.7 Å². The maximum absolute atomic E-state index is 12.3. The summed E-state index contributed by atoms with van der Waals surface area (Å²) in [5.74, 6) is 1.26. The first-order valence-electron chi connectivity index (χ1n) is 10.4. The lowest BCUT2D eigenvalue weighted by Gasteiger charge is -2.11. The number of hydrogen-bond donors (Lipinski definition) is 3. The first-order valence-corrected chi connectivity index (χ1v) is 10.8. The zero-order chi connectivity index (χ0) is 23.5. The molecule has 0 aliphatic carbocycles. The normalized spacial score (nSPS) is 10.7. The molecule has 0 spiro atoms. The van der Waals surface area contributed by atoms with E-state index in [1.165, 1.54) is 0 Å². The summed E-state index contributed by atoms with van der Waals surface area (Å²) in [5, 5.41) is 22.3. The summed E-state index contributed by atoms with van der Waals surface area (Å²) >= 11 is 6.17. The molecule has 4 rings (SSSR count). The molecule has 168 valence electrons. The van der Waals surface area contributed by atoms with Gasteiger partial charge in [0, 0.05) is 17.1 Å². The van der Waals surface area contributed by atoms with E-state index in [9.17, 15) is 4.79 Å². The Balaban J connectivity index is 1.37. The van der Waals surface area contributed by atoms with Crippen molar-refractivity contribution in [1.29, 1.82) is 0 Å². The van der Waals surface area contributed by atoms with E-state index in [1.807, 2.05) is 58.0 Å². The van der Waals surface area contributed by atoms with Gasteiger partial charge < -0.3 is 16.0 Å². The number of halogens is 1. The largest absolute Gasteiger partial charge is 0.339 e. The predicted molar refractivity (Wildman–Crippen MR) is 132 cm³/mol. The van der Waals surface area contributed by atoms with Gasteiger partial charge in [-0.05, 0) is 87.4 Å². The second-order valence-electron chi connectivity index (χ2n) is 7.75. The third-order valence-corrected chi connectivity index (χ3v) is 5.62. The Morgan fingerprint density at radius 1 is 0.879 bits per heavy atom. The van der Waals surface area contributed by atoms with Crippen LogP contribution in [-0.2, 0) is 0 Å². The molecule has 9 heteroatoms. The lowest BCUT2D eigenvalue weighted by atomic mass is 10.2. The molecular weight excluding hydrogens is 438 g/mol. The summed E-state index contributed by atoms with van der Waals surface area (Å²) in [6.07, 6.45) is 0. The van der Waals surface area contributed by atoms with E-state index in [1.54, 1.807) is 28.9 Å². The Hall–Kier alpha value is -3.91. The third kappa shape index (κ3) is 5.12. The SMILES string of the molecule is Cc1ccc(NC(=O)Nc2ccc(Nc3ccc(-n4nc(C)c(C)c4C)nn3)cc2)c(Cl)c1. The summed E-state index contributed by atoms with van der Waals surface area (Å²) in [6, 6.07) is 16.1. The van der Waals surface area contributed by atoms with Gasteiger partial charge in [-0.1, -0.05) is 17.7 Å². The molecule has 2 aromatic heterocycles. The summed E-state index contributed by atoms with van der Waals surface area (Å²) < 4.78 is 1.79. The van der Waals surface area contributed by atoms with Crippen molar-refractivity contribution in [2.75, 3.05) is 16.0 Å². The fraction of sp³-hybridized carbons (Fsp3) is 0.167. The molecule has 33 heavy (non-hydrogen) atoms. The molecule has 2 heterocycles. The van der Waals surface area contributed by atoms with E-state index in [4.69, 9.17) is 11.6 Å². The summed E-state index contributed by atoms with van der Waals surface area (Å²) in [7, 11) is 0. The van der Waals surface area contributed by atoms with Gasteiger partial charge in [-0.3, -0.25) is 0 Å². The van der Waals surface area contributed by atoms with E-state index in [2.05, 4.69) is 31.2 Å². The molecule has 0 bridgehead atoms. The number of benzene rings is 2. The number of carbonyl (C=O) groups excluding carboxylic acids is 1. The molecule has 8 nitrogen and oxygen atoms in total. The Morgan fingerprint density at radius 3 is 2.21 bits per heavy atom. The molecule has 0 unspecified atom stereocenters. The van der Waals surface area contributed by atoms with Crippen molar-refractivity contribution in [2.24, 2.45) is 0 Å². The van der Waals surface area contributed by atoms with Crippen LogP contribution in [-0.4, -0.2) is 26.0 Å². The Morgan fingerprint density at radius 2 is 1.61 bits per heavy atom. The minimum absolute atomic E-state index is 0.373. The van der Waals surface area contributed by atoms with E-state index < -0.39 is 0 Å². The molecule has 0 saturated carbocycles. The highest BCUT2D eigenvalue weighted by Gasteiger charge is 2.11. The Bertz CT molecular complexity index is 1300. The molecule has 0 fully saturated rings. The second kappa shape index (κ2) is 9.30. The average Bonchev–Trinajstić information content (AvgIpc) is 3.05. The van der Waals surface area contributed by atoms with Crippen LogP contribution >= 0.6 is 11.6 Å². The fourth-order valence-electron chi connectivity index (χ4n) is 3.24. The molecule has 0 aliphatic heterocycles. The molecule has 2 aromatic carbocycles. The van der Waals surface area contributed by atoms with Gasteiger partial charge in [0.25, 0.3) is 0 Å². The standard InChI is InChI=1S/C24H24ClN7O/c1-14-5-10-21(20(25)13-14)28-24(33)27-19-8-6-18(7-9-19)26-22-11-12-23(30-29-22)32-17(4)15(2)16(3)31-32/h5-13H,1-4H3,(H,26,29)(H2,27,28,33). The number of rotatable bonds is 5. The summed E-state index contributed by atoms with van der Waals surface area (Å²) in [4.78, 5) is 12.3. The number of aryl methyl sites for hydroxylation is 2. The highest BCUT2D eigenvalue weighted by atomic mass is 35.5. The van der Waals surface area contributed by atoms with Crippen LogP contribution in [0, 0.1) is 27.7 Å². The molecule has 0 saturated heterocycles. The lowest BCUT2D eigenvalue weighted by Crippen LogP contribution is -2.19. The number of amides is 2. The first-order chi connectivity index (χ1) is 15.8. The number of urea groups is 1. The predicted octanol–water partition coefficient (Wildman–Crippen LogP) is 5.94. The number of hydrogen-bond acceptors (Lipinski definition) is 5. The number of nitrogens with one attached hydrogen (secondary N) is 3. The minimum atomic E-state index is -0.373. The number of aromatic nitrogens is 4. The second-order valence-corrected chi connectivity index (χ2v) is 8.16. The quantitative estimate of drug-likeness (QED) is 0.342. The van der Waals surface area contributed by atoms with Gasteiger partial charge in [0.2, 0.25) is 0 Å². The van der Waals surface area contributed by atoms with Crippen LogP contribution in [0.3, 0.4) is 0 Å². The van der Waals surface area contributed by atoms with Gasteiger partial charge in [-0.15, -0.1) is 10.2 Å². The van der Waals surface area contributed by atoms with Gasteiger partial charge >= 0.3 is 6.03 Å². The average molecular weight is 462 g/mol. The summed E-state index contributed by atoms with van der Waals surface area (Å²) in [6.45, 7) is 7.96. The number of nitrogens with zero attached hydrogens (tertiary/aromatic N) is 4. The third-order valence-electron chi connectivity index (χ3n) is 5.31. The molecule has 0 radical (unpaired) electrons. The molecule has 3 N–H and O–H groups in total. The Kier molecular flexibility index (Phi) is 6.28. The van der Waals surface area contributed by atoms with E-state index in [0.717, 1.165) is 28.2 Å². The van der Waals surface area contributed by atoms with Crippen molar-refractivity contribution >= 4 is 40.5 Å². The van der Waals surface area contributed by atoms with Crippen LogP contribution < -0.4 is 16.0 Å². The first kappa shape index (κ1) is 22.3. The van der Waals surface area contributed by atoms with Crippen LogP contribution in [0.15, 0.2) is 54.6 Å². The minimum Gasteiger partial charge on any atom is -0.339 e. The van der Waals surface area contributed by atoms with Gasteiger partial charge in [-0.2, -0.15) is 5.10 Å². The molecular formula is C24H24ClN7O. The van der Waals surface area contributed by atoms with Crippen LogP contribution in [0.5, 0.6) is 0 Å². The molecule has 0 atom stereocenters. The van der Waals surface area contributed by atoms with Gasteiger partial charge in [0.1, 0.15) is 0 Å². The zero-order valence-corrected chi connectivity index (χ0v) is 19.5. The number of anilines is 4. The highest BCUT2D eigenvalue weighted by Crippen LogP contribution is 2.23. The topological polar surface area (TPSA) is 96.8 Å². The van der Waals surface area contributed by atoms with E-state index in [0.29, 0.717) is 28.0 Å². The van der Waals surface area contributed by atoms with E-state index in [-0.39, 0.29) is 6.03 Å². The van der Waals surface area contributed by atoms with Gasteiger partial charge in [0.05, 0.1) is 16.4 Å². The van der Waals surface area contributed by atoms with Crippen molar-refractivity contribution in [3.63, 3.8) is 0 Å². The van der Waals surface area contributed by atoms with Crippen molar-refractivity contribution in [1.82, 2.24) is 20.0 Å². The van der Waals surface area contributed by atoms with Crippen LogP contribution in [0.2, 0.25) is 5.02 Å². The van der Waals surface area contributed by atoms with Gasteiger partial charge in [-0.25, -0.2) is 9.48 Å². The van der Waals surface area contributed by atoms with Gasteiger partial charge in [0.15, 0.2) is 11.6 Å². The van der Waals surface area contributed by atoms with Crippen LogP contribution in [0.4, 0.5) is 27.7 Å². The van der Waals surface area contributed by atoms with Crippen molar-refractivity contribution < 1.29 is 4.79 Å². The molecule has 0 aliphatic rings. The fourth-order valence-corrected chi connectivity index (χ4v) is 3.52. The molecule has 4 aromatic rings. The van der Waals surface area contributed by atoms with Crippen molar-refractivity contribution in [3.05, 3.63) is 82.1 Å². The summed E-state index contributed by atoms with van der Waals surface area (Å²) in [5.41, 5.74) is 6.18. The maximum atomic E-state index is 12.3. The van der Waals surface area contributed by atoms with Crippen molar-refractivity contribution in [3.8, 4) is 5.82 Å². The number of carbonyl (C=O) groups is 1. The monoisotopic (exact) mass is 461 g/mol. The van der Waals surface area contributed by atoms with Crippen LogP contribution in [0.25, 0.3) is 5.82 Å². The van der Waals surface area contributed by atoms with Crippen LogP contribution in [0.1, 0.15) is 22.5 Å². The van der Waals surface area contributed by atoms with E-state index >= 15 is 0 Å². The molecule has 2 amide bonds. The highest BCUT2D eigenvalue weighted by molar-refractivity contribution is 6.33.